The largest absolute Gasteiger partial charge is 0.454 e. The Morgan fingerprint density at radius 3 is 2.63 bits per heavy atom. The Morgan fingerprint density at radius 2 is 2.00 bits per heavy atom. The van der Waals surface area contributed by atoms with Crippen LogP contribution in [0.1, 0.15) is 36.5 Å². The van der Waals surface area contributed by atoms with Gasteiger partial charge in [0.25, 0.3) is 21.8 Å². The first-order valence-electron chi connectivity index (χ1n) is 8.67. The predicted molar refractivity (Wildman–Crippen MR) is 94.9 cm³/mol. The Bertz CT molecular complexity index is 922. The summed E-state index contributed by atoms with van der Waals surface area (Å²) < 4.78 is 30.2. The van der Waals surface area contributed by atoms with Gasteiger partial charge < -0.3 is 9.64 Å². The maximum atomic E-state index is 12.4. The number of fused-ring (bicyclic) bond motifs is 1. The second kappa shape index (κ2) is 7.51. The van der Waals surface area contributed by atoms with Crippen LogP contribution in [0.5, 0.6) is 0 Å². The molecule has 1 aromatic carbocycles. The number of amides is 2. The third kappa shape index (κ3) is 3.59. The van der Waals surface area contributed by atoms with Crippen LogP contribution < -0.4 is 0 Å². The zero-order valence-electron chi connectivity index (χ0n) is 14.9. The monoisotopic (exact) mass is 392 g/mol. The molecule has 0 N–H and O–H groups in total. The van der Waals surface area contributed by atoms with Gasteiger partial charge in [-0.05, 0) is 38.3 Å². The number of carbonyl (C=O) groups is 3. The van der Waals surface area contributed by atoms with Crippen molar-refractivity contribution in [2.45, 2.75) is 31.1 Å². The topological polar surface area (TPSA) is 101 Å². The van der Waals surface area contributed by atoms with Crippen LogP contribution in [0.3, 0.4) is 0 Å². The number of ether oxygens (including phenoxy) is 1. The predicted octanol–water partition coefficient (Wildman–Crippen LogP) is 1.29. The van der Waals surface area contributed by atoms with Gasteiger partial charge in [0.1, 0.15) is 11.4 Å². The molecule has 0 aromatic heterocycles. The molecule has 2 aliphatic rings. The van der Waals surface area contributed by atoms with E-state index in [0.717, 1.165) is 25.0 Å². The molecule has 2 amide bonds. The van der Waals surface area contributed by atoms with Crippen LogP contribution >= 0.6 is 0 Å². The first kappa shape index (κ1) is 19.1. The number of carbonyl (C=O) groups excluding carboxylic acids is 3. The molecule has 0 fully saturated rings. The summed E-state index contributed by atoms with van der Waals surface area (Å²) in [6.45, 7) is 1.01. The number of hydrogen-bond acceptors (Lipinski definition) is 6. The fourth-order valence-electron chi connectivity index (χ4n) is 3.21. The van der Waals surface area contributed by atoms with Gasteiger partial charge in [0.2, 0.25) is 0 Å². The number of nitrogens with zero attached hydrogens (tertiary/aromatic N) is 2. The summed E-state index contributed by atoms with van der Waals surface area (Å²) in [7, 11) is -4.08. The lowest BCUT2D eigenvalue weighted by Gasteiger charge is -2.22. The molecule has 9 heteroatoms. The minimum absolute atomic E-state index is 0.0201. The van der Waals surface area contributed by atoms with Gasteiger partial charge in [0.15, 0.2) is 6.61 Å². The number of rotatable bonds is 6. The number of sulfonamides is 1. The summed E-state index contributed by atoms with van der Waals surface area (Å²) in [6.07, 6.45) is 4.67. The summed E-state index contributed by atoms with van der Waals surface area (Å²) in [5, 5.41) is 0. The highest BCUT2D eigenvalue weighted by atomic mass is 32.2. The van der Waals surface area contributed by atoms with E-state index in [1.165, 1.54) is 18.2 Å². The summed E-state index contributed by atoms with van der Waals surface area (Å²) in [4.78, 5) is 38.0. The molecule has 8 nitrogen and oxygen atoms in total. The number of hydrogen-bond donors (Lipinski definition) is 0. The maximum Gasteiger partial charge on any atom is 0.327 e. The number of likely N-dealkylation sites (N-methyl/N-ethyl adjacent to an activating group) is 1. The van der Waals surface area contributed by atoms with Gasteiger partial charge >= 0.3 is 5.97 Å². The Kier molecular flexibility index (Phi) is 5.31. The van der Waals surface area contributed by atoms with E-state index in [2.05, 4.69) is 0 Å². The van der Waals surface area contributed by atoms with E-state index in [0.29, 0.717) is 10.8 Å². The van der Waals surface area contributed by atoms with Crippen LogP contribution in [0.15, 0.2) is 40.9 Å². The van der Waals surface area contributed by atoms with Crippen molar-refractivity contribution in [3.8, 4) is 0 Å². The second-order valence-electron chi connectivity index (χ2n) is 6.20. The minimum Gasteiger partial charge on any atom is -0.454 e. The summed E-state index contributed by atoms with van der Waals surface area (Å²) in [5.74, 6) is -2.11. The summed E-state index contributed by atoms with van der Waals surface area (Å²) >= 11 is 0. The third-order valence-corrected chi connectivity index (χ3v) is 6.31. The molecule has 0 unspecified atom stereocenters. The second-order valence-corrected chi connectivity index (χ2v) is 8.03. The normalized spacial score (nSPS) is 17.4. The van der Waals surface area contributed by atoms with Gasteiger partial charge in [-0.15, -0.1) is 0 Å². The van der Waals surface area contributed by atoms with Gasteiger partial charge in [-0.1, -0.05) is 18.2 Å². The summed E-state index contributed by atoms with van der Waals surface area (Å²) in [5.41, 5.74) is 0.929. The van der Waals surface area contributed by atoms with E-state index < -0.39 is 35.1 Å². The maximum absolute atomic E-state index is 12.4. The molecular formula is C18H20N2O6S. The van der Waals surface area contributed by atoms with Crippen LogP contribution in [0, 0.1) is 0 Å². The van der Waals surface area contributed by atoms with Gasteiger partial charge in [-0.25, -0.2) is 12.7 Å². The van der Waals surface area contributed by atoms with Crippen LogP contribution in [0.2, 0.25) is 0 Å². The van der Waals surface area contributed by atoms with E-state index >= 15 is 0 Å². The molecule has 0 radical (unpaired) electrons. The molecule has 0 saturated carbocycles. The molecule has 0 atom stereocenters. The standard InChI is InChI=1S/C18H20N2O6S/c1-2-19(13-7-3-4-8-13)16(21)12-26-17(22)11-20-18(23)14-9-5-6-10-15(14)27(20,24)25/h5-7,9-10H,2-4,8,11-12H2,1H3. The van der Waals surface area contributed by atoms with Crippen molar-refractivity contribution in [3.63, 3.8) is 0 Å². The quantitative estimate of drug-likeness (QED) is 0.676. The molecule has 0 spiro atoms. The van der Waals surface area contributed by atoms with Crippen LogP contribution in [-0.4, -0.2) is 55.1 Å². The Labute approximate surface area is 157 Å². The average molecular weight is 392 g/mol. The van der Waals surface area contributed by atoms with Crippen LogP contribution in [-0.2, 0) is 24.3 Å². The zero-order valence-corrected chi connectivity index (χ0v) is 15.7. The van der Waals surface area contributed by atoms with Crippen molar-refractivity contribution in [3.05, 3.63) is 41.6 Å². The van der Waals surface area contributed by atoms with Crippen molar-refractivity contribution in [1.82, 2.24) is 9.21 Å². The molecule has 1 aromatic rings. The van der Waals surface area contributed by atoms with E-state index in [1.54, 1.807) is 11.0 Å². The number of benzene rings is 1. The smallest absolute Gasteiger partial charge is 0.327 e. The molecule has 1 aliphatic carbocycles. The molecule has 1 aliphatic heterocycles. The van der Waals surface area contributed by atoms with E-state index in [1.807, 2.05) is 13.0 Å². The molecule has 27 heavy (non-hydrogen) atoms. The van der Waals surface area contributed by atoms with Gasteiger partial charge in [0, 0.05) is 12.2 Å². The van der Waals surface area contributed by atoms with Crippen LogP contribution in [0.25, 0.3) is 0 Å². The lowest BCUT2D eigenvalue weighted by atomic mass is 10.2. The van der Waals surface area contributed by atoms with Gasteiger partial charge in [-0.3, -0.25) is 14.4 Å². The minimum atomic E-state index is -4.08. The molecule has 0 saturated heterocycles. The number of allylic oxidation sites excluding steroid dienone is 2. The van der Waals surface area contributed by atoms with Crippen LogP contribution in [0.4, 0.5) is 0 Å². The Hall–Kier alpha value is -2.68. The fourth-order valence-corrected chi connectivity index (χ4v) is 4.72. The number of esters is 1. The summed E-state index contributed by atoms with van der Waals surface area (Å²) in [6, 6.07) is 5.75. The third-order valence-electron chi connectivity index (χ3n) is 4.52. The lowest BCUT2D eigenvalue weighted by molar-refractivity contribution is -0.151. The molecule has 3 rings (SSSR count). The van der Waals surface area contributed by atoms with Crippen molar-refractivity contribution < 1.29 is 27.5 Å². The van der Waals surface area contributed by atoms with E-state index in [-0.39, 0.29) is 16.4 Å². The lowest BCUT2D eigenvalue weighted by Crippen LogP contribution is -2.38. The van der Waals surface area contributed by atoms with Gasteiger partial charge in [0.05, 0.1) is 5.56 Å². The highest BCUT2D eigenvalue weighted by molar-refractivity contribution is 7.90. The van der Waals surface area contributed by atoms with Crippen molar-refractivity contribution >= 4 is 27.8 Å². The molecule has 0 bridgehead atoms. The molecular weight excluding hydrogens is 372 g/mol. The molecule has 1 heterocycles. The highest BCUT2D eigenvalue weighted by Gasteiger charge is 2.42. The van der Waals surface area contributed by atoms with Crippen molar-refractivity contribution in [2.75, 3.05) is 19.7 Å². The Morgan fingerprint density at radius 1 is 1.26 bits per heavy atom. The molecule has 144 valence electrons. The van der Waals surface area contributed by atoms with E-state index in [4.69, 9.17) is 4.74 Å². The first-order valence-corrected chi connectivity index (χ1v) is 10.1. The van der Waals surface area contributed by atoms with Gasteiger partial charge in [-0.2, -0.15) is 0 Å². The van der Waals surface area contributed by atoms with E-state index in [9.17, 15) is 22.8 Å². The first-order chi connectivity index (χ1) is 12.9. The Balaban J connectivity index is 1.62. The zero-order chi connectivity index (χ0) is 19.6. The van der Waals surface area contributed by atoms with Crippen molar-refractivity contribution in [1.29, 1.82) is 0 Å². The SMILES string of the molecule is CCN(C(=O)COC(=O)CN1C(=O)c2ccccc2S1(=O)=O)C1=CCCC1. The average Bonchev–Trinajstić information content (AvgIpc) is 3.24. The highest BCUT2D eigenvalue weighted by Crippen LogP contribution is 2.29. The fraction of sp³-hybridized carbons (Fsp3) is 0.389. The van der Waals surface area contributed by atoms with Crippen molar-refractivity contribution in [2.24, 2.45) is 0 Å².